The first kappa shape index (κ1) is 20.4. The fourth-order valence-corrected chi connectivity index (χ4v) is 5.78. The lowest BCUT2D eigenvalue weighted by atomic mass is 9.74. The van der Waals surface area contributed by atoms with Crippen molar-refractivity contribution in [3.05, 3.63) is 39.9 Å². The number of hydrogen-bond donors (Lipinski definition) is 2. The SMILES string of the molecule is Cc1cc2c(cn1)cc(C1CC(NC(=O)C3CNC(C)S3)CCC1C)c(=O)n2C. The van der Waals surface area contributed by atoms with E-state index < -0.39 is 0 Å². The summed E-state index contributed by atoms with van der Waals surface area (Å²) in [6.45, 7) is 6.97. The van der Waals surface area contributed by atoms with Gasteiger partial charge in [-0.3, -0.25) is 14.6 Å². The normalized spacial score (nSPS) is 29.9. The van der Waals surface area contributed by atoms with E-state index >= 15 is 0 Å². The molecule has 3 heterocycles. The van der Waals surface area contributed by atoms with Crippen molar-refractivity contribution in [2.24, 2.45) is 13.0 Å². The van der Waals surface area contributed by atoms with Crippen molar-refractivity contribution in [3.8, 4) is 0 Å². The van der Waals surface area contributed by atoms with Gasteiger partial charge in [-0.2, -0.15) is 0 Å². The highest BCUT2D eigenvalue weighted by molar-refractivity contribution is 8.01. The zero-order valence-corrected chi connectivity index (χ0v) is 18.4. The Morgan fingerprint density at radius 2 is 2.10 bits per heavy atom. The number of aryl methyl sites for hydroxylation is 2. The highest BCUT2D eigenvalue weighted by atomic mass is 32.2. The number of nitrogens with zero attached hydrogens (tertiary/aromatic N) is 2. The number of fused-ring (bicyclic) bond motifs is 1. The third kappa shape index (κ3) is 4.08. The second-order valence-corrected chi connectivity index (χ2v) is 10.2. The summed E-state index contributed by atoms with van der Waals surface area (Å²) in [6.07, 6.45) is 4.65. The molecule has 1 saturated carbocycles. The maximum Gasteiger partial charge on any atom is 0.254 e. The second kappa shape index (κ2) is 8.11. The molecule has 2 aliphatic rings. The van der Waals surface area contributed by atoms with Gasteiger partial charge in [-0.15, -0.1) is 11.8 Å². The maximum atomic E-state index is 13.2. The monoisotopic (exact) mass is 414 g/mol. The lowest BCUT2D eigenvalue weighted by Crippen LogP contribution is -2.45. The minimum atomic E-state index is -0.0225. The molecule has 1 aliphatic heterocycles. The van der Waals surface area contributed by atoms with Gasteiger partial charge in [0.25, 0.3) is 5.56 Å². The van der Waals surface area contributed by atoms with Crippen molar-refractivity contribution >= 4 is 28.6 Å². The molecule has 1 amide bonds. The van der Waals surface area contributed by atoms with E-state index in [2.05, 4.69) is 29.5 Å². The molecule has 29 heavy (non-hydrogen) atoms. The lowest BCUT2D eigenvalue weighted by Gasteiger charge is -2.35. The van der Waals surface area contributed by atoms with Crippen LogP contribution in [0.15, 0.2) is 23.1 Å². The van der Waals surface area contributed by atoms with Crippen LogP contribution in [0, 0.1) is 12.8 Å². The highest BCUT2D eigenvalue weighted by Crippen LogP contribution is 2.37. The third-order valence-corrected chi connectivity index (χ3v) is 7.75. The van der Waals surface area contributed by atoms with Gasteiger partial charge in [0.05, 0.1) is 16.1 Å². The van der Waals surface area contributed by atoms with Crippen LogP contribution in [0.5, 0.6) is 0 Å². The Hall–Kier alpha value is -1.86. The predicted octanol–water partition coefficient (Wildman–Crippen LogP) is 2.68. The van der Waals surface area contributed by atoms with Crippen LogP contribution >= 0.6 is 11.8 Å². The summed E-state index contributed by atoms with van der Waals surface area (Å²) in [5.74, 6) is 0.678. The van der Waals surface area contributed by atoms with Crippen LogP contribution in [0.4, 0.5) is 0 Å². The van der Waals surface area contributed by atoms with Gasteiger partial charge in [-0.1, -0.05) is 6.92 Å². The van der Waals surface area contributed by atoms with Crippen LogP contribution in [0.25, 0.3) is 10.9 Å². The van der Waals surface area contributed by atoms with E-state index in [0.29, 0.717) is 11.3 Å². The Morgan fingerprint density at radius 1 is 1.31 bits per heavy atom. The molecule has 2 fully saturated rings. The molecule has 5 unspecified atom stereocenters. The number of pyridine rings is 2. The molecular formula is C22H30N4O2S. The fourth-order valence-electron chi connectivity index (χ4n) is 4.71. The average molecular weight is 415 g/mol. The maximum absolute atomic E-state index is 13.2. The molecule has 2 N–H and O–H groups in total. The van der Waals surface area contributed by atoms with Crippen LogP contribution < -0.4 is 16.2 Å². The number of aromatic nitrogens is 2. The molecule has 0 bridgehead atoms. The molecule has 0 aromatic carbocycles. The van der Waals surface area contributed by atoms with Gasteiger partial charge in [0.2, 0.25) is 5.91 Å². The minimum Gasteiger partial charge on any atom is -0.352 e. The molecule has 6 nitrogen and oxygen atoms in total. The van der Waals surface area contributed by atoms with Gasteiger partial charge in [0.15, 0.2) is 0 Å². The Bertz CT molecular complexity index is 989. The van der Waals surface area contributed by atoms with Crippen molar-refractivity contribution in [2.45, 2.75) is 62.6 Å². The van der Waals surface area contributed by atoms with E-state index in [0.717, 1.165) is 48.0 Å². The standard InChI is InChI=1S/C22H30N4O2S/c1-12-5-6-16(25-21(27)20-11-24-14(3)29-20)9-17(12)18-8-15-10-23-13(2)7-19(15)26(4)22(18)28/h7-8,10,12,14,16-17,20,24H,5-6,9,11H2,1-4H3,(H,25,27). The van der Waals surface area contributed by atoms with Crippen molar-refractivity contribution in [3.63, 3.8) is 0 Å². The summed E-state index contributed by atoms with van der Waals surface area (Å²) < 4.78 is 1.75. The molecule has 0 radical (unpaired) electrons. The summed E-state index contributed by atoms with van der Waals surface area (Å²) in [5, 5.41) is 7.87. The number of carbonyl (C=O) groups is 1. The van der Waals surface area contributed by atoms with Crippen molar-refractivity contribution in [1.82, 2.24) is 20.2 Å². The Kier molecular flexibility index (Phi) is 5.71. The van der Waals surface area contributed by atoms with E-state index in [-0.39, 0.29) is 28.7 Å². The number of carbonyl (C=O) groups excluding carboxylic acids is 1. The molecular weight excluding hydrogens is 384 g/mol. The van der Waals surface area contributed by atoms with Crippen LogP contribution in [0.3, 0.4) is 0 Å². The van der Waals surface area contributed by atoms with Crippen LogP contribution in [0.1, 0.15) is 50.3 Å². The first-order chi connectivity index (χ1) is 13.8. The smallest absolute Gasteiger partial charge is 0.254 e. The zero-order valence-electron chi connectivity index (χ0n) is 17.6. The molecule has 2 aromatic rings. The number of hydrogen-bond acceptors (Lipinski definition) is 5. The number of amides is 1. The van der Waals surface area contributed by atoms with Crippen molar-refractivity contribution in [2.75, 3.05) is 6.54 Å². The van der Waals surface area contributed by atoms with Gasteiger partial charge >= 0.3 is 0 Å². The summed E-state index contributed by atoms with van der Waals surface area (Å²) in [5.41, 5.74) is 2.74. The molecule has 1 saturated heterocycles. The van der Waals surface area contributed by atoms with E-state index in [1.165, 1.54) is 0 Å². The molecule has 0 spiro atoms. The summed E-state index contributed by atoms with van der Waals surface area (Å²) in [7, 11) is 1.84. The van der Waals surface area contributed by atoms with E-state index in [9.17, 15) is 9.59 Å². The Labute approximate surface area is 175 Å². The van der Waals surface area contributed by atoms with Gasteiger partial charge in [0.1, 0.15) is 0 Å². The topological polar surface area (TPSA) is 76.0 Å². The first-order valence-electron chi connectivity index (χ1n) is 10.5. The molecule has 156 valence electrons. The molecule has 2 aromatic heterocycles. The fraction of sp³-hybridized carbons (Fsp3) is 0.591. The largest absolute Gasteiger partial charge is 0.352 e. The Morgan fingerprint density at radius 3 is 2.83 bits per heavy atom. The lowest BCUT2D eigenvalue weighted by molar-refractivity contribution is -0.121. The summed E-state index contributed by atoms with van der Waals surface area (Å²) >= 11 is 1.68. The second-order valence-electron chi connectivity index (χ2n) is 8.63. The quantitative estimate of drug-likeness (QED) is 0.808. The minimum absolute atomic E-state index is 0.0225. The van der Waals surface area contributed by atoms with E-state index in [4.69, 9.17) is 0 Å². The summed E-state index contributed by atoms with van der Waals surface area (Å²) in [4.78, 5) is 30.2. The molecule has 5 atom stereocenters. The van der Waals surface area contributed by atoms with E-state index in [1.807, 2.05) is 32.3 Å². The van der Waals surface area contributed by atoms with Gasteiger partial charge < -0.3 is 15.2 Å². The number of nitrogens with one attached hydrogen (secondary N) is 2. The van der Waals surface area contributed by atoms with Gasteiger partial charge in [-0.05, 0) is 57.1 Å². The molecule has 7 heteroatoms. The Balaban J connectivity index is 1.57. The van der Waals surface area contributed by atoms with Gasteiger partial charge in [0, 0.05) is 42.5 Å². The average Bonchev–Trinajstić information content (AvgIpc) is 3.13. The van der Waals surface area contributed by atoms with Crippen LogP contribution in [0.2, 0.25) is 0 Å². The highest BCUT2D eigenvalue weighted by Gasteiger charge is 2.34. The van der Waals surface area contributed by atoms with Crippen molar-refractivity contribution < 1.29 is 4.79 Å². The van der Waals surface area contributed by atoms with Crippen molar-refractivity contribution in [1.29, 1.82) is 0 Å². The zero-order chi connectivity index (χ0) is 20.7. The number of thioether (sulfide) groups is 1. The third-order valence-electron chi connectivity index (χ3n) is 6.47. The summed E-state index contributed by atoms with van der Waals surface area (Å²) in [6, 6.07) is 4.10. The molecule has 4 rings (SSSR count). The molecule has 1 aliphatic carbocycles. The predicted molar refractivity (Wildman–Crippen MR) is 118 cm³/mol. The number of rotatable bonds is 3. The van der Waals surface area contributed by atoms with Gasteiger partial charge in [-0.25, -0.2) is 0 Å². The van der Waals surface area contributed by atoms with Crippen LogP contribution in [-0.4, -0.2) is 38.7 Å². The van der Waals surface area contributed by atoms with E-state index in [1.54, 1.807) is 16.3 Å². The van der Waals surface area contributed by atoms with Crippen LogP contribution in [-0.2, 0) is 11.8 Å². The first-order valence-corrected chi connectivity index (χ1v) is 11.4.